The van der Waals surface area contributed by atoms with Gasteiger partial charge in [0.05, 0.1) is 10.6 Å². The molecule has 6 heteroatoms. The number of hydrogen-bond donors (Lipinski definition) is 1. The van der Waals surface area contributed by atoms with Crippen LogP contribution < -0.4 is 9.62 Å². The average Bonchev–Trinajstić information content (AvgIpc) is 2.66. The molecule has 0 aromatic heterocycles. The lowest BCUT2D eigenvalue weighted by molar-refractivity contribution is -0.120. The summed E-state index contributed by atoms with van der Waals surface area (Å²) in [5.74, 6) is -0.259. The van der Waals surface area contributed by atoms with Gasteiger partial charge in [0.2, 0.25) is 5.91 Å². The average molecular weight is 401 g/mol. The maximum absolute atomic E-state index is 13.3. The number of aryl methyl sites for hydroxylation is 2. The predicted molar refractivity (Wildman–Crippen MR) is 112 cm³/mol. The summed E-state index contributed by atoms with van der Waals surface area (Å²) in [6.07, 6.45) is 5.33. The summed E-state index contributed by atoms with van der Waals surface area (Å²) in [5.41, 5.74) is 2.42. The number of anilines is 1. The lowest BCUT2D eigenvalue weighted by Gasteiger charge is -2.27. The third-order valence-electron chi connectivity index (χ3n) is 5.08. The SMILES string of the molecule is Cc1cc(C)cc(N(CC(=O)NC2CCCCC2)S(=O)(=O)c2ccccc2)c1. The van der Waals surface area contributed by atoms with Gasteiger partial charge in [-0.1, -0.05) is 43.5 Å². The summed E-state index contributed by atoms with van der Waals surface area (Å²) in [6.45, 7) is 3.62. The molecule has 1 aliphatic rings. The minimum absolute atomic E-state index is 0.141. The first kappa shape index (κ1) is 20.4. The van der Waals surface area contributed by atoms with Crippen LogP contribution in [-0.2, 0) is 14.8 Å². The third kappa shape index (κ3) is 4.93. The van der Waals surface area contributed by atoms with Crippen molar-refractivity contribution in [2.45, 2.75) is 56.9 Å². The Morgan fingerprint density at radius 2 is 1.61 bits per heavy atom. The lowest BCUT2D eigenvalue weighted by atomic mass is 9.95. The molecule has 3 rings (SSSR count). The van der Waals surface area contributed by atoms with Crippen molar-refractivity contribution < 1.29 is 13.2 Å². The molecule has 0 atom stereocenters. The molecule has 5 nitrogen and oxygen atoms in total. The number of amides is 1. The quantitative estimate of drug-likeness (QED) is 0.798. The molecule has 1 aliphatic carbocycles. The molecule has 1 amide bonds. The number of rotatable bonds is 6. The standard InChI is InChI=1S/C22H28N2O3S/c1-17-13-18(2)15-20(14-17)24(28(26,27)21-11-7-4-8-12-21)16-22(25)23-19-9-5-3-6-10-19/h4,7-8,11-15,19H,3,5-6,9-10,16H2,1-2H3,(H,23,25). The topological polar surface area (TPSA) is 66.5 Å². The minimum Gasteiger partial charge on any atom is -0.352 e. The third-order valence-corrected chi connectivity index (χ3v) is 6.87. The van der Waals surface area contributed by atoms with Crippen LogP contribution in [0.15, 0.2) is 53.4 Å². The highest BCUT2D eigenvalue weighted by Crippen LogP contribution is 2.26. The van der Waals surface area contributed by atoms with Crippen LogP contribution in [0.3, 0.4) is 0 Å². The van der Waals surface area contributed by atoms with E-state index >= 15 is 0 Å². The van der Waals surface area contributed by atoms with Crippen LogP contribution in [0.1, 0.15) is 43.2 Å². The van der Waals surface area contributed by atoms with Gasteiger partial charge >= 0.3 is 0 Å². The van der Waals surface area contributed by atoms with Crippen molar-refractivity contribution >= 4 is 21.6 Å². The van der Waals surface area contributed by atoms with Crippen molar-refractivity contribution in [3.05, 3.63) is 59.7 Å². The molecule has 1 fully saturated rings. The normalized spacial score (nSPS) is 15.2. The van der Waals surface area contributed by atoms with E-state index in [1.807, 2.05) is 19.9 Å². The van der Waals surface area contributed by atoms with E-state index in [1.54, 1.807) is 42.5 Å². The van der Waals surface area contributed by atoms with Crippen LogP contribution in [0.5, 0.6) is 0 Å². The highest BCUT2D eigenvalue weighted by Gasteiger charge is 2.28. The van der Waals surface area contributed by atoms with E-state index in [0.29, 0.717) is 5.69 Å². The van der Waals surface area contributed by atoms with Gasteiger partial charge in [-0.15, -0.1) is 0 Å². The fourth-order valence-corrected chi connectivity index (χ4v) is 5.21. The van der Waals surface area contributed by atoms with Gasteiger partial charge in [0.15, 0.2) is 0 Å². The first-order chi connectivity index (χ1) is 13.4. The van der Waals surface area contributed by atoms with Crippen LogP contribution in [0, 0.1) is 13.8 Å². The van der Waals surface area contributed by atoms with Gasteiger partial charge in [0, 0.05) is 6.04 Å². The van der Waals surface area contributed by atoms with Crippen LogP contribution in [0.4, 0.5) is 5.69 Å². The predicted octanol–water partition coefficient (Wildman–Crippen LogP) is 3.95. The van der Waals surface area contributed by atoms with Crippen LogP contribution in [0.2, 0.25) is 0 Å². The molecule has 0 radical (unpaired) electrons. The van der Waals surface area contributed by atoms with E-state index in [2.05, 4.69) is 5.32 Å². The molecule has 0 unspecified atom stereocenters. The smallest absolute Gasteiger partial charge is 0.264 e. The minimum atomic E-state index is -3.85. The number of sulfonamides is 1. The zero-order valence-corrected chi connectivity index (χ0v) is 17.3. The molecular weight excluding hydrogens is 372 g/mol. The second kappa shape index (κ2) is 8.78. The van der Waals surface area contributed by atoms with E-state index in [0.717, 1.165) is 36.8 Å². The van der Waals surface area contributed by atoms with E-state index in [1.165, 1.54) is 10.7 Å². The van der Waals surface area contributed by atoms with Crippen LogP contribution in [-0.4, -0.2) is 26.9 Å². The summed E-state index contributed by atoms with van der Waals surface area (Å²) < 4.78 is 27.9. The van der Waals surface area contributed by atoms with Crippen LogP contribution >= 0.6 is 0 Å². The first-order valence-electron chi connectivity index (χ1n) is 9.82. The Morgan fingerprint density at radius 3 is 2.21 bits per heavy atom. The summed E-state index contributed by atoms with van der Waals surface area (Å²) in [4.78, 5) is 12.9. The number of carbonyl (C=O) groups excluding carboxylic acids is 1. The molecule has 0 saturated heterocycles. The lowest BCUT2D eigenvalue weighted by Crippen LogP contribution is -2.45. The molecule has 150 valence electrons. The maximum atomic E-state index is 13.3. The largest absolute Gasteiger partial charge is 0.352 e. The summed E-state index contributed by atoms with van der Waals surface area (Å²) in [6, 6.07) is 14.0. The molecule has 1 N–H and O–H groups in total. The molecule has 0 aliphatic heterocycles. The van der Waals surface area contributed by atoms with Crippen molar-refractivity contribution in [1.82, 2.24) is 5.32 Å². The van der Waals surface area contributed by atoms with Gasteiger partial charge in [0.1, 0.15) is 6.54 Å². The molecule has 28 heavy (non-hydrogen) atoms. The summed E-state index contributed by atoms with van der Waals surface area (Å²) in [5, 5.41) is 3.03. The summed E-state index contributed by atoms with van der Waals surface area (Å²) >= 11 is 0. The maximum Gasteiger partial charge on any atom is 0.264 e. The summed E-state index contributed by atoms with van der Waals surface area (Å²) in [7, 11) is -3.85. The van der Waals surface area contributed by atoms with E-state index in [-0.39, 0.29) is 23.4 Å². The van der Waals surface area contributed by atoms with Crippen molar-refractivity contribution in [3.8, 4) is 0 Å². The molecule has 1 saturated carbocycles. The molecule has 0 bridgehead atoms. The highest BCUT2D eigenvalue weighted by molar-refractivity contribution is 7.92. The van der Waals surface area contributed by atoms with Gasteiger partial charge in [-0.05, 0) is 62.1 Å². The van der Waals surface area contributed by atoms with Gasteiger partial charge in [-0.2, -0.15) is 0 Å². The number of carbonyl (C=O) groups is 1. The Balaban J connectivity index is 1.91. The Hall–Kier alpha value is -2.34. The van der Waals surface area contributed by atoms with Crippen molar-refractivity contribution in [3.63, 3.8) is 0 Å². The molecular formula is C22H28N2O3S. The van der Waals surface area contributed by atoms with E-state index in [4.69, 9.17) is 0 Å². The van der Waals surface area contributed by atoms with E-state index < -0.39 is 10.0 Å². The number of hydrogen-bond acceptors (Lipinski definition) is 3. The first-order valence-corrected chi connectivity index (χ1v) is 11.3. The van der Waals surface area contributed by atoms with Gasteiger partial charge in [-0.3, -0.25) is 9.10 Å². The van der Waals surface area contributed by atoms with Crippen molar-refractivity contribution in [1.29, 1.82) is 0 Å². The number of nitrogens with zero attached hydrogens (tertiary/aromatic N) is 1. The Bertz CT molecular complexity index is 900. The molecule has 0 spiro atoms. The van der Waals surface area contributed by atoms with Gasteiger partial charge < -0.3 is 5.32 Å². The molecule has 2 aromatic rings. The van der Waals surface area contributed by atoms with Gasteiger partial charge in [0.25, 0.3) is 10.0 Å². The highest BCUT2D eigenvalue weighted by atomic mass is 32.2. The molecule has 2 aromatic carbocycles. The fourth-order valence-electron chi connectivity index (χ4n) is 3.78. The fraction of sp³-hybridized carbons (Fsp3) is 0.409. The second-order valence-corrected chi connectivity index (χ2v) is 9.44. The number of benzene rings is 2. The molecule has 0 heterocycles. The number of nitrogens with one attached hydrogen (secondary N) is 1. The second-order valence-electron chi connectivity index (χ2n) is 7.57. The van der Waals surface area contributed by atoms with E-state index in [9.17, 15) is 13.2 Å². The zero-order chi connectivity index (χ0) is 20.1. The Kier molecular flexibility index (Phi) is 6.39. The monoisotopic (exact) mass is 400 g/mol. The zero-order valence-electron chi connectivity index (χ0n) is 16.5. The Labute approximate surface area is 167 Å². The van der Waals surface area contributed by atoms with Crippen LogP contribution in [0.25, 0.3) is 0 Å². The van der Waals surface area contributed by atoms with Crippen molar-refractivity contribution in [2.75, 3.05) is 10.8 Å². The van der Waals surface area contributed by atoms with Gasteiger partial charge in [-0.25, -0.2) is 8.42 Å². The van der Waals surface area contributed by atoms with Crippen molar-refractivity contribution in [2.24, 2.45) is 0 Å². The Morgan fingerprint density at radius 1 is 1.00 bits per heavy atom.